The third-order valence-corrected chi connectivity index (χ3v) is 10.4. The average Bonchev–Trinajstić information content (AvgIpc) is 3.21. The van der Waals surface area contributed by atoms with Crippen LogP contribution < -0.4 is 25.3 Å². The van der Waals surface area contributed by atoms with Crippen LogP contribution in [0, 0.1) is 0 Å². The molecule has 0 atom stereocenters. The highest BCUT2D eigenvalue weighted by molar-refractivity contribution is 7.99. The van der Waals surface area contributed by atoms with E-state index >= 15 is 0 Å². The lowest BCUT2D eigenvalue weighted by molar-refractivity contribution is 0.0498. The molecule has 2 amide bonds. The number of carboxylic acid groups (broad SMARTS) is 1. The Bertz CT molecular complexity index is 2300. The normalized spacial score (nSPS) is 14.9. The molecule has 0 unspecified atom stereocenters. The van der Waals surface area contributed by atoms with Crippen molar-refractivity contribution >= 4 is 52.6 Å². The SMILES string of the molecule is CC1(NC(=O)OC(C)(C)C)C=CN(c2cnc(Sc3cccc(NC(=O)c4ccc(-c5ccc(N6CCN(c7ccc(C(=O)O)nc7)CC6)cc5)cc4)c3)cn2)C=C1. The van der Waals surface area contributed by atoms with Crippen LogP contribution in [0.2, 0.25) is 0 Å². The molecule has 0 bridgehead atoms. The van der Waals surface area contributed by atoms with Crippen LogP contribution in [0.1, 0.15) is 48.5 Å². The fourth-order valence-electron chi connectivity index (χ4n) is 6.39. The predicted molar refractivity (Wildman–Crippen MR) is 227 cm³/mol. The van der Waals surface area contributed by atoms with E-state index in [0.717, 1.165) is 53.6 Å². The van der Waals surface area contributed by atoms with Gasteiger partial charge in [-0.25, -0.2) is 24.5 Å². The van der Waals surface area contributed by atoms with Crippen LogP contribution in [0.15, 0.2) is 138 Å². The fourth-order valence-corrected chi connectivity index (χ4v) is 7.18. The summed E-state index contributed by atoms with van der Waals surface area (Å²) in [6.07, 6.45) is 11.9. The van der Waals surface area contributed by atoms with E-state index in [4.69, 9.17) is 9.84 Å². The molecule has 7 rings (SSSR count). The number of ether oxygens (including phenoxy) is 1. The quantitative estimate of drug-likeness (QED) is 0.125. The molecule has 0 aliphatic carbocycles. The summed E-state index contributed by atoms with van der Waals surface area (Å²) in [6.45, 7) is 10.6. The number of piperazine rings is 1. The van der Waals surface area contributed by atoms with Crippen LogP contribution in [0.3, 0.4) is 0 Å². The van der Waals surface area contributed by atoms with Gasteiger partial charge >= 0.3 is 12.1 Å². The van der Waals surface area contributed by atoms with Gasteiger partial charge in [0.15, 0.2) is 5.82 Å². The Morgan fingerprint density at radius 1 is 0.776 bits per heavy atom. The van der Waals surface area contributed by atoms with Gasteiger partial charge in [0.2, 0.25) is 0 Å². The van der Waals surface area contributed by atoms with Gasteiger partial charge < -0.3 is 35.2 Å². The number of nitrogens with one attached hydrogen (secondary N) is 2. The molecule has 1 saturated heterocycles. The van der Waals surface area contributed by atoms with Crippen molar-refractivity contribution in [1.82, 2.24) is 20.3 Å². The molecule has 0 radical (unpaired) electrons. The summed E-state index contributed by atoms with van der Waals surface area (Å²) in [5, 5.41) is 15.7. The molecular weight excluding hydrogens is 753 g/mol. The van der Waals surface area contributed by atoms with Crippen LogP contribution >= 0.6 is 11.8 Å². The maximum atomic E-state index is 13.2. The summed E-state index contributed by atoms with van der Waals surface area (Å²) in [5.74, 6) is -0.616. The van der Waals surface area contributed by atoms with E-state index in [-0.39, 0.29) is 11.6 Å². The van der Waals surface area contributed by atoms with Gasteiger partial charge in [0.25, 0.3) is 5.91 Å². The molecule has 0 saturated carbocycles. The summed E-state index contributed by atoms with van der Waals surface area (Å²) in [5.41, 5.74) is 4.08. The Morgan fingerprint density at radius 3 is 2.00 bits per heavy atom. The molecule has 13 nitrogen and oxygen atoms in total. The minimum absolute atomic E-state index is 0.0429. The van der Waals surface area contributed by atoms with E-state index in [2.05, 4.69) is 59.7 Å². The summed E-state index contributed by atoms with van der Waals surface area (Å²) in [7, 11) is 0. The Morgan fingerprint density at radius 2 is 1.41 bits per heavy atom. The predicted octanol–water partition coefficient (Wildman–Crippen LogP) is 8.10. The Kier molecular flexibility index (Phi) is 11.5. The minimum Gasteiger partial charge on any atom is -0.477 e. The number of alkyl carbamates (subject to hydrolysis) is 1. The molecule has 0 spiro atoms. The van der Waals surface area contributed by atoms with Gasteiger partial charge in [-0.3, -0.25) is 4.79 Å². The van der Waals surface area contributed by atoms with Gasteiger partial charge in [0.05, 0.1) is 29.8 Å². The maximum Gasteiger partial charge on any atom is 0.408 e. The van der Waals surface area contributed by atoms with Gasteiger partial charge in [-0.15, -0.1) is 0 Å². The van der Waals surface area contributed by atoms with Crippen LogP contribution in [-0.2, 0) is 4.74 Å². The van der Waals surface area contributed by atoms with E-state index in [1.165, 1.54) is 11.8 Å². The highest BCUT2D eigenvalue weighted by Gasteiger charge is 2.27. The van der Waals surface area contributed by atoms with Crippen LogP contribution in [0.25, 0.3) is 11.1 Å². The first-order valence-corrected chi connectivity index (χ1v) is 19.6. The number of carbonyl (C=O) groups is 3. The topological polar surface area (TPSA) is 153 Å². The number of hydrogen-bond acceptors (Lipinski definition) is 11. The van der Waals surface area contributed by atoms with E-state index < -0.39 is 23.2 Å². The molecule has 1 fully saturated rings. The molecular formula is C44H44N8O5S. The van der Waals surface area contributed by atoms with Crippen molar-refractivity contribution in [2.24, 2.45) is 0 Å². The highest BCUT2D eigenvalue weighted by Crippen LogP contribution is 2.30. The van der Waals surface area contributed by atoms with Crippen molar-refractivity contribution in [3.63, 3.8) is 0 Å². The molecule has 3 N–H and O–H groups in total. The van der Waals surface area contributed by atoms with Gasteiger partial charge in [0.1, 0.15) is 16.3 Å². The van der Waals surface area contributed by atoms with Crippen molar-refractivity contribution in [2.75, 3.05) is 46.2 Å². The molecule has 58 heavy (non-hydrogen) atoms. The van der Waals surface area contributed by atoms with E-state index in [1.807, 2.05) is 112 Å². The van der Waals surface area contributed by atoms with Gasteiger partial charge in [-0.1, -0.05) is 42.1 Å². The van der Waals surface area contributed by atoms with E-state index in [9.17, 15) is 14.4 Å². The number of aromatic carboxylic acids is 1. The lowest BCUT2D eigenvalue weighted by atomic mass is 10.0. The zero-order valence-electron chi connectivity index (χ0n) is 32.6. The average molecular weight is 797 g/mol. The fraction of sp³-hybridized carbons (Fsp3) is 0.227. The van der Waals surface area contributed by atoms with Crippen molar-refractivity contribution in [3.8, 4) is 11.1 Å². The van der Waals surface area contributed by atoms with Crippen LogP contribution in [0.5, 0.6) is 0 Å². The number of hydrogen-bond donors (Lipinski definition) is 3. The number of aromatic nitrogens is 3. The zero-order chi connectivity index (χ0) is 40.9. The molecule has 4 heterocycles. The first-order chi connectivity index (χ1) is 27.8. The summed E-state index contributed by atoms with van der Waals surface area (Å²) >= 11 is 1.44. The van der Waals surface area contributed by atoms with Crippen molar-refractivity contribution in [3.05, 3.63) is 139 Å². The number of nitrogens with zero attached hydrogens (tertiary/aromatic N) is 6. The second-order valence-corrected chi connectivity index (χ2v) is 16.1. The zero-order valence-corrected chi connectivity index (χ0v) is 33.4. The second-order valence-electron chi connectivity index (χ2n) is 15.1. The number of rotatable bonds is 10. The number of pyridine rings is 1. The smallest absolute Gasteiger partial charge is 0.408 e. The largest absolute Gasteiger partial charge is 0.477 e. The minimum atomic E-state index is -1.03. The number of benzene rings is 3. The van der Waals surface area contributed by atoms with Crippen LogP contribution in [-0.4, -0.2) is 75.3 Å². The number of carboxylic acids is 1. The van der Waals surface area contributed by atoms with Gasteiger partial charge in [0, 0.05) is 60.4 Å². The molecule has 14 heteroatoms. The van der Waals surface area contributed by atoms with E-state index in [0.29, 0.717) is 22.1 Å². The summed E-state index contributed by atoms with van der Waals surface area (Å²) in [4.78, 5) is 57.1. The Balaban J connectivity index is 0.891. The van der Waals surface area contributed by atoms with Crippen molar-refractivity contribution < 1.29 is 24.2 Å². The second kappa shape index (κ2) is 16.8. The van der Waals surface area contributed by atoms with Crippen molar-refractivity contribution in [1.29, 1.82) is 0 Å². The van der Waals surface area contributed by atoms with Crippen molar-refractivity contribution in [2.45, 2.75) is 48.8 Å². The molecule has 2 aliphatic heterocycles. The van der Waals surface area contributed by atoms with Crippen LogP contribution in [0.4, 0.5) is 27.7 Å². The molecule has 5 aromatic rings. The summed E-state index contributed by atoms with van der Waals surface area (Å²) in [6, 6.07) is 26.9. The highest BCUT2D eigenvalue weighted by atomic mass is 32.2. The van der Waals surface area contributed by atoms with Gasteiger partial charge in [-0.05, 0) is 106 Å². The number of carbonyl (C=O) groups excluding carboxylic acids is 2. The molecule has 3 aromatic carbocycles. The third-order valence-electron chi connectivity index (χ3n) is 9.45. The first-order valence-electron chi connectivity index (χ1n) is 18.8. The molecule has 2 aliphatic rings. The Labute approximate surface area is 341 Å². The third kappa shape index (κ3) is 10.0. The van der Waals surface area contributed by atoms with Gasteiger partial charge in [-0.2, -0.15) is 0 Å². The van der Waals surface area contributed by atoms with E-state index in [1.54, 1.807) is 24.7 Å². The lowest BCUT2D eigenvalue weighted by Crippen LogP contribution is -2.46. The monoisotopic (exact) mass is 796 g/mol. The Hall–Kier alpha value is -6.67. The lowest BCUT2D eigenvalue weighted by Gasteiger charge is -2.37. The summed E-state index contributed by atoms with van der Waals surface area (Å²) < 4.78 is 5.39. The first kappa shape index (κ1) is 39.6. The molecule has 2 aromatic heterocycles. The number of anilines is 4. The maximum absolute atomic E-state index is 13.2. The standard InChI is InChI=1S/C44H44N8O5S/c1-43(2,3)57-42(56)49-44(4)18-20-52(21-19-44)38-28-47-39(29-46-38)58-36-7-5-6-33(26-36)48-40(53)32-10-8-30(9-11-32)31-12-14-34(15-13-31)50-22-24-51(25-23-50)35-16-17-37(41(54)55)45-27-35/h5-21,26-29H,22-25H2,1-4H3,(H,48,53)(H,49,56)(H,54,55). The molecule has 296 valence electrons. The number of amides is 2.